The molecule has 1 fully saturated rings. The van der Waals surface area contributed by atoms with E-state index in [0.29, 0.717) is 43.6 Å². The highest BCUT2D eigenvalue weighted by Crippen LogP contribution is 2.20. The Hall–Kier alpha value is -3.35. The third-order valence-corrected chi connectivity index (χ3v) is 5.29. The summed E-state index contributed by atoms with van der Waals surface area (Å²) in [7, 11) is 0. The van der Waals surface area contributed by atoms with Gasteiger partial charge in [-0.25, -0.2) is 0 Å². The lowest BCUT2D eigenvalue weighted by Gasteiger charge is -2.35. The van der Waals surface area contributed by atoms with E-state index in [4.69, 9.17) is 9.15 Å². The number of amides is 1. The molecule has 0 N–H and O–H groups in total. The number of hydrogen-bond acceptors (Lipinski definition) is 6. The van der Waals surface area contributed by atoms with Gasteiger partial charge in [0.2, 0.25) is 0 Å². The van der Waals surface area contributed by atoms with Gasteiger partial charge >= 0.3 is 0 Å². The predicted molar refractivity (Wildman–Crippen MR) is 115 cm³/mol. The van der Waals surface area contributed by atoms with E-state index in [2.05, 4.69) is 28.9 Å². The van der Waals surface area contributed by atoms with Crippen LogP contribution in [0.3, 0.4) is 0 Å². The standard InChI is InChI=1S/C23H26N4O3/c1-17(2)18-5-7-19(8-6-18)30-16-23(28)27-13-11-26(12-14-27)22-10-9-20(24-25-22)21-4-3-15-29-21/h3-10,15,17H,11-14,16H2,1-2H3. The van der Waals surface area contributed by atoms with E-state index in [1.807, 2.05) is 53.4 Å². The number of anilines is 1. The van der Waals surface area contributed by atoms with Crippen LogP contribution in [0, 0.1) is 0 Å². The fourth-order valence-corrected chi connectivity index (χ4v) is 3.42. The first kappa shape index (κ1) is 19.9. The summed E-state index contributed by atoms with van der Waals surface area (Å²) in [5, 5.41) is 8.56. The molecule has 1 aromatic carbocycles. The fourth-order valence-electron chi connectivity index (χ4n) is 3.42. The van der Waals surface area contributed by atoms with Gasteiger partial charge < -0.3 is 19.0 Å². The van der Waals surface area contributed by atoms with E-state index in [0.717, 1.165) is 11.6 Å². The zero-order valence-electron chi connectivity index (χ0n) is 17.3. The molecular weight excluding hydrogens is 380 g/mol. The summed E-state index contributed by atoms with van der Waals surface area (Å²) in [4.78, 5) is 16.5. The van der Waals surface area contributed by atoms with Crippen molar-refractivity contribution < 1.29 is 13.9 Å². The molecule has 0 bridgehead atoms. The molecular formula is C23H26N4O3. The molecule has 4 rings (SSSR count). The lowest BCUT2D eigenvalue weighted by Crippen LogP contribution is -2.50. The van der Waals surface area contributed by atoms with E-state index in [1.54, 1.807) is 6.26 Å². The number of aromatic nitrogens is 2. The van der Waals surface area contributed by atoms with E-state index >= 15 is 0 Å². The van der Waals surface area contributed by atoms with Crippen molar-refractivity contribution in [3.8, 4) is 17.2 Å². The van der Waals surface area contributed by atoms with Crippen LogP contribution in [0.1, 0.15) is 25.3 Å². The van der Waals surface area contributed by atoms with Crippen molar-refractivity contribution in [1.29, 1.82) is 0 Å². The summed E-state index contributed by atoms with van der Waals surface area (Å²) >= 11 is 0. The van der Waals surface area contributed by atoms with Gasteiger partial charge in [0.1, 0.15) is 11.4 Å². The molecule has 30 heavy (non-hydrogen) atoms. The molecule has 1 aliphatic rings. The number of benzene rings is 1. The molecule has 0 aliphatic carbocycles. The molecule has 3 heterocycles. The minimum absolute atomic E-state index is 0.00170. The van der Waals surface area contributed by atoms with E-state index in [-0.39, 0.29) is 12.5 Å². The molecule has 1 amide bonds. The number of hydrogen-bond donors (Lipinski definition) is 0. The molecule has 0 radical (unpaired) electrons. The quantitative estimate of drug-likeness (QED) is 0.623. The van der Waals surface area contributed by atoms with Crippen molar-refractivity contribution in [1.82, 2.24) is 15.1 Å². The summed E-state index contributed by atoms with van der Waals surface area (Å²) in [6.45, 7) is 7.05. The molecule has 0 spiro atoms. The highest BCUT2D eigenvalue weighted by atomic mass is 16.5. The zero-order chi connectivity index (χ0) is 20.9. The van der Waals surface area contributed by atoms with Crippen LogP contribution in [0.2, 0.25) is 0 Å². The monoisotopic (exact) mass is 406 g/mol. The van der Waals surface area contributed by atoms with E-state index in [9.17, 15) is 4.79 Å². The van der Waals surface area contributed by atoms with Crippen molar-refractivity contribution in [3.63, 3.8) is 0 Å². The van der Waals surface area contributed by atoms with Crippen molar-refractivity contribution >= 4 is 11.7 Å². The zero-order valence-corrected chi connectivity index (χ0v) is 17.3. The molecule has 2 aromatic heterocycles. The highest BCUT2D eigenvalue weighted by molar-refractivity contribution is 5.78. The van der Waals surface area contributed by atoms with Crippen molar-refractivity contribution in [2.45, 2.75) is 19.8 Å². The van der Waals surface area contributed by atoms with Crippen LogP contribution >= 0.6 is 0 Å². The summed E-state index contributed by atoms with van der Waals surface area (Å²) < 4.78 is 11.0. The largest absolute Gasteiger partial charge is 0.484 e. The van der Waals surface area contributed by atoms with Crippen LogP contribution in [0.4, 0.5) is 5.82 Å². The van der Waals surface area contributed by atoms with Crippen molar-refractivity contribution in [3.05, 3.63) is 60.4 Å². The van der Waals surface area contributed by atoms with Crippen LogP contribution in [-0.2, 0) is 4.79 Å². The third kappa shape index (κ3) is 4.62. The van der Waals surface area contributed by atoms with Crippen LogP contribution in [0.15, 0.2) is 59.2 Å². The second kappa shape index (κ2) is 8.98. The molecule has 3 aromatic rings. The Morgan fingerprint density at radius 2 is 1.80 bits per heavy atom. The minimum atomic E-state index is 0.00170. The van der Waals surface area contributed by atoms with Crippen LogP contribution in [-0.4, -0.2) is 53.8 Å². The molecule has 0 saturated carbocycles. The first-order chi connectivity index (χ1) is 14.6. The Bertz CT molecular complexity index is 945. The van der Waals surface area contributed by atoms with Gasteiger partial charge in [0, 0.05) is 26.2 Å². The average Bonchev–Trinajstić information content (AvgIpc) is 3.33. The number of rotatable bonds is 6. The number of piperazine rings is 1. The number of furan rings is 1. The summed E-state index contributed by atoms with van der Waals surface area (Å²) in [5.41, 5.74) is 1.96. The van der Waals surface area contributed by atoms with Crippen LogP contribution in [0.5, 0.6) is 5.75 Å². The highest BCUT2D eigenvalue weighted by Gasteiger charge is 2.22. The van der Waals surface area contributed by atoms with E-state index in [1.165, 1.54) is 5.56 Å². The number of carbonyl (C=O) groups is 1. The Morgan fingerprint density at radius 3 is 2.40 bits per heavy atom. The Balaban J connectivity index is 1.26. The molecule has 1 saturated heterocycles. The van der Waals surface area contributed by atoms with Crippen LogP contribution in [0.25, 0.3) is 11.5 Å². The molecule has 0 unspecified atom stereocenters. The molecule has 7 heteroatoms. The smallest absolute Gasteiger partial charge is 0.260 e. The third-order valence-electron chi connectivity index (χ3n) is 5.29. The average molecular weight is 406 g/mol. The lowest BCUT2D eigenvalue weighted by atomic mass is 10.0. The van der Waals surface area contributed by atoms with Crippen LogP contribution < -0.4 is 9.64 Å². The predicted octanol–water partition coefficient (Wildman–Crippen LogP) is 3.59. The summed E-state index contributed by atoms with van der Waals surface area (Å²) in [6.07, 6.45) is 1.62. The second-order valence-corrected chi connectivity index (χ2v) is 7.63. The normalized spacial score (nSPS) is 14.2. The SMILES string of the molecule is CC(C)c1ccc(OCC(=O)N2CCN(c3ccc(-c4ccco4)nn3)CC2)cc1. The Kier molecular flexibility index (Phi) is 5.97. The van der Waals surface area contributed by atoms with Gasteiger partial charge in [-0.15, -0.1) is 10.2 Å². The number of ether oxygens (including phenoxy) is 1. The van der Waals surface area contributed by atoms with Gasteiger partial charge in [-0.05, 0) is 47.9 Å². The first-order valence-corrected chi connectivity index (χ1v) is 10.2. The maximum Gasteiger partial charge on any atom is 0.260 e. The number of nitrogens with zero attached hydrogens (tertiary/aromatic N) is 4. The van der Waals surface area contributed by atoms with E-state index < -0.39 is 0 Å². The van der Waals surface area contributed by atoms with Gasteiger partial charge in [0.15, 0.2) is 18.2 Å². The van der Waals surface area contributed by atoms with Gasteiger partial charge in [-0.3, -0.25) is 4.79 Å². The minimum Gasteiger partial charge on any atom is -0.484 e. The van der Waals surface area contributed by atoms with Gasteiger partial charge in [-0.2, -0.15) is 0 Å². The van der Waals surface area contributed by atoms with Crippen molar-refractivity contribution in [2.75, 3.05) is 37.7 Å². The fraction of sp³-hybridized carbons (Fsp3) is 0.348. The number of carbonyl (C=O) groups excluding carboxylic acids is 1. The van der Waals surface area contributed by atoms with Crippen molar-refractivity contribution in [2.24, 2.45) is 0 Å². The summed E-state index contributed by atoms with van der Waals surface area (Å²) in [6, 6.07) is 15.4. The molecule has 7 nitrogen and oxygen atoms in total. The topological polar surface area (TPSA) is 71.7 Å². The van der Waals surface area contributed by atoms with Gasteiger partial charge in [-0.1, -0.05) is 26.0 Å². The Labute approximate surface area is 176 Å². The lowest BCUT2D eigenvalue weighted by molar-refractivity contribution is -0.133. The maximum atomic E-state index is 12.5. The molecule has 0 atom stereocenters. The van der Waals surface area contributed by atoms with Gasteiger partial charge in [0.05, 0.1) is 6.26 Å². The maximum absolute atomic E-state index is 12.5. The second-order valence-electron chi connectivity index (χ2n) is 7.63. The Morgan fingerprint density at radius 1 is 1.03 bits per heavy atom. The molecule has 1 aliphatic heterocycles. The van der Waals surface area contributed by atoms with Gasteiger partial charge in [0.25, 0.3) is 5.91 Å². The molecule has 156 valence electrons. The first-order valence-electron chi connectivity index (χ1n) is 10.2. The summed E-state index contributed by atoms with van der Waals surface area (Å²) in [5.74, 6) is 2.70.